The predicted octanol–water partition coefficient (Wildman–Crippen LogP) is 9.86. The quantitative estimate of drug-likeness (QED) is 0.193. The molecule has 0 saturated carbocycles. The van der Waals surface area contributed by atoms with Crippen LogP contribution in [0.1, 0.15) is 43.0 Å². The van der Waals surface area contributed by atoms with E-state index in [2.05, 4.69) is 83.4 Å². The Hall–Kier alpha value is -5.16. The molecule has 0 atom stereocenters. The average molecular weight is 626 g/mol. The number of carbonyl (C=O) groups excluding carboxylic acids is 2. The van der Waals surface area contributed by atoms with Gasteiger partial charge in [-0.2, -0.15) is 0 Å². The van der Waals surface area contributed by atoms with Crippen LogP contribution in [0.5, 0.6) is 0 Å². The molecule has 0 heterocycles. The Morgan fingerprint density at radius 2 is 0.800 bits per heavy atom. The average Bonchev–Trinajstić information content (AvgIpc) is 3.37. The number of hydrogen-bond acceptors (Lipinski definition) is 2. The molecule has 6 heteroatoms. The summed E-state index contributed by atoms with van der Waals surface area (Å²) in [4.78, 5) is 25.9. The Bertz CT molecular complexity index is 1920. The lowest BCUT2D eigenvalue weighted by molar-refractivity contribution is 0.101. The second kappa shape index (κ2) is 11.7. The zero-order chi connectivity index (χ0) is 31.0. The number of anilines is 2. The highest BCUT2D eigenvalue weighted by atomic mass is 35.5. The van der Waals surface area contributed by atoms with Crippen LogP contribution in [-0.2, 0) is 5.41 Å². The molecule has 7 rings (SSSR count). The zero-order valence-electron chi connectivity index (χ0n) is 23.9. The van der Waals surface area contributed by atoms with Gasteiger partial charge in [-0.25, -0.2) is 0 Å². The maximum absolute atomic E-state index is 13.0. The van der Waals surface area contributed by atoms with Crippen LogP contribution in [0.4, 0.5) is 11.4 Å². The Morgan fingerprint density at radius 3 is 1.20 bits per heavy atom. The van der Waals surface area contributed by atoms with E-state index in [-0.39, 0.29) is 11.8 Å². The van der Waals surface area contributed by atoms with Crippen molar-refractivity contribution >= 4 is 46.4 Å². The third kappa shape index (κ3) is 4.98. The molecule has 2 N–H and O–H groups in total. The number of rotatable bonds is 6. The summed E-state index contributed by atoms with van der Waals surface area (Å²) in [5.74, 6) is -0.539. The van der Waals surface area contributed by atoms with Crippen molar-refractivity contribution in [2.75, 3.05) is 10.6 Å². The van der Waals surface area contributed by atoms with Crippen LogP contribution in [0.25, 0.3) is 11.1 Å². The molecule has 6 aromatic rings. The summed E-state index contributed by atoms with van der Waals surface area (Å²) in [5.41, 5.74) is 8.27. The number of amides is 2. The van der Waals surface area contributed by atoms with Crippen molar-refractivity contribution < 1.29 is 9.59 Å². The van der Waals surface area contributed by atoms with E-state index in [1.807, 2.05) is 24.3 Å². The van der Waals surface area contributed by atoms with Crippen molar-refractivity contribution in [2.45, 2.75) is 5.41 Å². The lowest BCUT2D eigenvalue weighted by Crippen LogP contribution is -2.28. The fraction of sp³-hybridized carbons (Fsp3) is 0.0256. The predicted molar refractivity (Wildman–Crippen MR) is 183 cm³/mol. The Balaban J connectivity index is 1.30. The van der Waals surface area contributed by atoms with Gasteiger partial charge >= 0.3 is 0 Å². The second-order valence-electron chi connectivity index (χ2n) is 10.9. The minimum Gasteiger partial charge on any atom is -0.322 e. The Morgan fingerprint density at radius 1 is 0.444 bits per heavy atom. The van der Waals surface area contributed by atoms with Crippen LogP contribution in [0.15, 0.2) is 146 Å². The fourth-order valence-corrected chi connectivity index (χ4v) is 6.76. The van der Waals surface area contributed by atoms with E-state index in [0.717, 1.165) is 22.3 Å². The smallest absolute Gasteiger partial charge is 0.257 e. The Kier molecular flexibility index (Phi) is 7.46. The van der Waals surface area contributed by atoms with Crippen LogP contribution in [0.2, 0.25) is 10.0 Å². The molecule has 0 aromatic heterocycles. The van der Waals surface area contributed by atoms with E-state index >= 15 is 0 Å². The van der Waals surface area contributed by atoms with Crippen molar-refractivity contribution in [2.24, 2.45) is 0 Å². The molecule has 0 radical (unpaired) electrons. The minimum absolute atomic E-state index is 0.269. The van der Waals surface area contributed by atoms with Gasteiger partial charge in [0.25, 0.3) is 11.8 Å². The number of carbonyl (C=O) groups is 2. The largest absolute Gasteiger partial charge is 0.322 e. The monoisotopic (exact) mass is 624 g/mol. The third-order valence-corrected chi connectivity index (χ3v) is 9.00. The molecule has 45 heavy (non-hydrogen) atoms. The van der Waals surface area contributed by atoms with Gasteiger partial charge in [-0.15, -0.1) is 0 Å². The fourth-order valence-electron chi connectivity index (χ4n) is 6.32. The van der Waals surface area contributed by atoms with Crippen molar-refractivity contribution in [1.82, 2.24) is 0 Å². The maximum atomic E-state index is 13.0. The van der Waals surface area contributed by atoms with E-state index in [4.69, 9.17) is 23.2 Å². The molecule has 2 amide bonds. The molecule has 218 valence electrons. The summed E-state index contributed by atoms with van der Waals surface area (Å²) in [7, 11) is 0. The summed E-state index contributed by atoms with van der Waals surface area (Å²) >= 11 is 12.5. The van der Waals surface area contributed by atoms with Crippen molar-refractivity contribution in [3.63, 3.8) is 0 Å². The van der Waals surface area contributed by atoms with Gasteiger partial charge in [0.15, 0.2) is 0 Å². The normalized spacial score (nSPS) is 12.6. The number of hydrogen-bond donors (Lipinski definition) is 2. The highest BCUT2D eigenvalue weighted by Gasteiger charge is 2.45. The third-order valence-electron chi connectivity index (χ3n) is 8.34. The second-order valence-corrected chi connectivity index (χ2v) is 11.7. The van der Waals surface area contributed by atoms with Gasteiger partial charge in [0.05, 0.1) is 26.6 Å². The number of nitrogens with one attached hydrogen (secondary N) is 2. The summed E-state index contributed by atoms with van der Waals surface area (Å²) in [6.07, 6.45) is 0. The number of fused-ring (bicyclic) bond motifs is 3. The lowest BCUT2D eigenvalue weighted by atomic mass is 9.67. The summed E-state index contributed by atoms with van der Waals surface area (Å²) in [5, 5.41) is 6.75. The van der Waals surface area contributed by atoms with Gasteiger partial charge in [0.1, 0.15) is 0 Å². The molecule has 0 bridgehead atoms. The number of benzene rings is 6. The molecule has 0 fully saturated rings. The van der Waals surface area contributed by atoms with Gasteiger partial charge < -0.3 is 10.6 Å². The van der Waals surface area contributed by atoms with Gasteiger partial charge in [0, 0.05) is 11.4 Å². The molecule has 4 nitrogen and oxygen atoms in total. The van der Waals surface area contributed by atoms with Crippen LogP contribution >= 0.6 is 23.2 Å². The highest BCUT2D eigenvalue weighted by Crippen LogP contribution is 2.56. The standard InChI is InChI=1S/C39H26Cl2N2O2/c40-35-15-7-3-11-31(35)37(44)42-27-21-17-25(18-22-27)39(33-13-5-1-9-29(33)30-10-2-6-14-34(30)39)26-19-23-28(24-20-26)43-38(45)32-12-4-8-16-36(32)41/h1-24H,(H,42,44)(H,43,45). The van der Waals surface area contributed by atoms with E-state index in [9.17, 15) is 9.59 Å². The zero-order valence-corrected chi connectivity index (χ0v) is 25.4. The molecule has 6 aromatic carbocycles. The van der Waals surface area contributed by atoms with Crippen LogP contribution in [0, 0.1) is 0 Å². The summed E-state index contributed by atoms with van der Waals surface area (Å²) in [6, 6.07) is 46.8. The van der Waals surface area contributed by atoms with Gasteiger partial charge in [0.2, 0.25) is 0 Å². The first kappa shape index (κ1) is 28.6. The molecule has 1 aliphatic carbocycles. The molecular weight excluding hydrogens is 599 g/mol. The van der Waals surface area contributed by atoms with Crippen LogP contribution in [0.3, 0.4) is 0 Å². The van der Waals surface area contributed by atoms with E-state index in [1.54, 1.807) is 48.5 Å². The van der Waals surface area contributed by atoms with Crippen LogP contribution in [-0.4, -0.2) is 11.8 Å². The SMILES string of the molecule is O=C(Nc1ccc(C2(c3ccc(NC(=O)c4ccccc4Cl)cc3)c3ccccc3-c3ccccc32)cc1)c1ccccc1Cl. The molecule has 0 unspecified atom stereocenters. The van der Waals surface area contributed by atoms with Gasteiger partial charge in [-0.1, -0.05) is 120 Å². The van der Waals surface area contributed by atoms with Gasteiger partial charge in [-0.05, 0) is 81.9 Å². The first-order valence-corrected chi connectivity index (χ1v) is 15.2. The minimum atomic E-state index is -0.635. The van der Waals surface area contributed by atoms with E-state index in [0.29, 0.717) is 32.5 Å². The van der Waals surface area contributed by atoms with Crippen molar-refractivity contribution in [3.8, 4) is 11.1 Å². The summed E-state index contributed by atoms with van der Waals surface area (Å²) < 4.78 is 0. The van der Waals surface area contributed by atoms with Crippen LogP contribution < -0.4 is 10.6 Å². The highest BCUT2D eigenvalue weighted by molar-refractivity contribution is 6.34. The van der Waals surface area contributed by atoms with E-state index < -0.39 is 5.41 Å². The van der Waals surface area contributed by atoms with Crippen molar-refractivity contribution in [3.05, 3.63) is 189 Å². The lowest BCUT2D eigenvalue weighted by Gasteiger charge is -2.34. The molecule has 1 aliphatic rings. The van der Waals surface area contributed by atoms with E-state index in [1.165, 1.54) is 11.1 Å². The maximum Gasteiger partial charge on any atom is 0.257 e. The number of halogens is 2. The molecule has 0 saturated heterocycles. The topological polar surface area (TPSA) is 58.2 Å². The molecule has 0 spiro atoms. The van der Waals surface area contributed by atoms with Gasteiger partial charge in [-0.3, -0.25) is 9.59 Å². The summed E-state index contributed by atoms with van der Waals surface area (Å²) in [6.45, 7) is 0. The molecule has 0 aliphatic heterocycles. The first-order chi connectivity index (χ1) is 22.0. The van der Waals surface area contributed by atoms with Crippen molar-refractivity contribution in [1.29, 1.82) is 0 Å². The first-order valence-electron chi connectivity index (χ1n) is 14.5. The molecular formula is C39H26Cl2N2O2. The Labute approximate surface area is 271 Å².